The third kappa shape index (κ3) is 4.44. The number of carbonyl (C=O) groups is 1. The van der Waals surface area contributed by atoms with Crippen molar-refractivity contribution in [1.29, 1.82) is 0 Å². The number of aromatic nitrogens is 2. The van der Waals surface area contributed by atoms with E-state index in [9.17, 15) is 9.18 Å². The van der Waals surface area contributed by atoms with Crippen molar-refractivity contribution in [3.05, 3.63) is 64.5 Å². The third-order valence-electron chi connectivity index (χ3n) is 4.71. The minimum atomic E-state index is -0.299. The first-order valence-corrected chi connectivity index (χ1v) is 10.2. The summed E-state index contributed by atoms with van der Waals surface area (Å²) < 4.78 is 18.6. The van der Waals surface area contributed by atoms with Crippen molar-refractivity contribution < 1.29 is 13.9 Å². The molecule has 0 bridgehead atoms. The fraction of sp³-hybridized carbons (Fsp3) is 0.286. The van der Waals surface area contributed by atoms with E-state index in [1.54, 1.807) is 18.3 Å². The van der Waals surface area contributed by atoms with Crippen molar-refractivity contribution in [3.63, 3.8) is 0 Å². The third-order valence-corrected chi connectivity index (χ3v) is 5.92. The second-order valence-electron chi connectivity index (χ2n) is 6.71. The van der Waals surface area contributed by atoms with E-state index in [1.807, 2.05) is 19.1 Å². The second kappa shape index (κ2) is 8.67. The molecule has 1 aliphatic rings. The van der Waals surface area contributed by atoms with Crippen LogP contribution in [-0.2, 0) is 11.3 Å². The van der Waals surface area contributed by atoms with Crippen LogP contribution in [0, 0.1) is 12.7 Å². The molecular weight excluding hydrogens is 391 g/mol. The van der Waals surface area contributed by atoms with Crippen LogP contribution in [0.4, 0.5) is 10.2 Å². The lowest BCUT2D eigenvalue weighted by molar-refractivity contribution is 0.0954. The lowest BCUT2D eigenvalue weighted by Crippen LogP contribution is -2.37. The SMILES string of the molecule is Cc1nc(-c2ccc(F)cc2)sc1C(=O)NCc1cccnc1N1CCOCC1. The van der Waals surface area contributed by atoms with Gasteiger partial charge in [-0.05, 0) is 37.3 Å². The van der Waals surface area contributed by atoms with Gasteiger partial charge in [-0.1, -0.05) is 6.07 Å². The Morgan fingerprint density at radius 2 is 2.00 bits per heavy atom. The lowest BCUT2D eigenvalue weighted by atomic mass is 10.2. The Morgan fingerprint density at radius 3 is 2.76 bits per heavy atom. The van der Waals surface area contributed by atoms with E-state index in [4.69, 9.17) is 4.74 Å². The number of nitrogens with zero attached hydrogens (tertiary/aromatic N) is 3. The van der Waals surface area contributed by atoms with Gasteiger partial charge in [0.2, 0.25) is 0 Å². The van der Waals surface area contributed by atoms with Crippen LogP contribution in [0.3, 0.4) is 0 Å². The van der Waals surface area contributed by atoms with E-state index in [0.29, 0.717) is 35.3 Å². The molecule has 29 heavy (non-hydrogen) atoms. The molecule has 0 radical (unpaired) electrons. The summed E-state index contributed by atoms with van der Waals surface area (Å²) in [5.74, 6) is 0.404. The van der Waals surface area contributed by atoms with E-state index in [0.717, 1.165) is 30.0 Å². The molecule has 150 valence electrons. The molecule has 0 atom stereocenters. The number of amides is 1. The number of hydrogen-bond acceptors (Lipinski definition) is 6. The molecule has 1 aromatic carbocycles. The molecule has 0 saturated carbocycles. The zero-order chi connectivity index (χ0) is 20.2. The van der Waals surface area contributed by atoms with Crippen LogP contribution < -0.4 is 10.2 Å². The standard InChI is InChI=1S/C21H21FN4O2S/c1-14-18(29-21(25-14)15-4-6-17(22)7-5-15)20(27)24-13-16-3-2-8-23-19(16)26-9-11-28-12-10-26/h2-8H,9-13H2,1H3,(H,24,27). The maximum atomic E-state index is 13.1. The zero-order valence-electron chi connectivity index (χ0n) is 16.0. The van der Waals surface area contributed by atoms with Gasteiger partial charge in [0.25, 0.3) is 5.91 Å². The Labute approximate surface area is 172 Å². The Hall–Kier alpha value is -2.84. The van der Waals surface area contributed by atoms with Crippen LogP contribution in [-0.4, -0.2) is 42.2 Å². The van der Waals surface area contributed by atoms with Crippen molar-refractivity contribution >= 4 is 23.1 Å². The summed E-state index contributed by atoms with van der Waals surface area (Å²) in [4.78, 5) is 24.5. The fourth-order valence-electron chi connectivity index (χ4n) is 3.21. The lowest BCUT2D eigenvalue weighted by Gasteiger charge is -2.29. The minimum Gasteiger partial charge on any atom is -0.378 e. The quantitative estimate of drug-likeness (QED) is 0.696. The van der Waals surface area contributed by atoms with Crippen LogP contribution in [0.15, 0.2) is 42.6 Å². The number of halogens is 1. The molecule has 0 spiro atoms. The number of ether oxygens (including phenoxy) is 1. The van der Waals surface area contributed by atoms with Gasteiger partial charge in [-0.25, -0.2) is 14.4 Å². The van der Waals surface area contributed by atoms with Crippen LogP contribution in [0.2, 0.25) is 0 Å². The summed E-state index contributed by atoms with van der Waals surface area (Å²) in [5, 5.41) is 3.68. The van der Waals surface area contributed by atoms with Gasteiger partial charge in [0, 0.05) is 37.0 Å². The largest absolute Gasteiger partial charge is 0.378 e. The highest BCUT2D eigenvalue weighted by atomic mass is 32.1. The molecule has 1 amide bonds. The summed E-state index contributed by atoms with van der Waals surface area (Å²) in [6, 6.07) is 9.96. The van der Waals surface area contributed by atoms with Gasteiger partial charge in [0.1, 0.15) is 21.5 Å². The summed E-state index contributed by atoms with van der Waals surface area (Å²) in [7, 11) is 0. The number of anilines is 1. The Morgan fingerprint density at radius 1 is 1.24 bits per heavy atom. The Bertz CT molecular complexity index is 1000. The van der Waals surface area contributed by atoms with Crippen molar-refractivity contribution in [2.24, 2.45) is 0 Å². The normalized spacial score (nSPS) is 14.1. The first-order chi connectivity index (χ1) is 14.1. The van der Waals surface area contributed by atoms with Crippen LogP contribution in [0.5, 0.6) is 0 Å². The van der Waals surface area contributed by atoms with E-state index in [1.165, 1.54) is 23.5 Å². The number of nitrogens with one attached hydrogen (secondary N) is 1. The number of rotatable bonds is 5. The van der Waals surface area contributed by atoms with Gasteiger partial charge in [0.15, 0.2) is 0 Å². The average molecular weight is 412 g/mol. The maximum Gasteiger partial charge on any atom is 0.263 e. The molecule has 3 aromatic rings. The molecule has 1 fully saturated rings. The van der Waals surface area contributed by atoms with E-state index in [2.05, 4.69) is 20.2 Å². The summed E-state index contributed by atoms with van der Waals surface area (Å²) in [6.07, 6.45) is 1.76. The number of pyridine rings is 1. The van der Waals surface area contributed by atoms with Gasteiger partial charge in [-0.2, -0.15) is 0 Å². The van der Waals surface area contributed by atoms with Gasteiger partial charge < -0.3 is 15.0 Å². The van der Waals surface area contributed by atoms with Crippen LogP contribution >= 0.6 is 11.3 Å². The highest BCUT2D eigenvalue weighted by Crippen LogP contribution is 2.28. The topological polar surface area (TPSA) is 67.4 Å². The monoisotopic (exact) mass is 412 g/mol. The minimum absolute atomic E-state index is 0.176. The van der Waals surface area contributed by atoms with E-state index < -0.39 is 0 Å². The van der Waals surface area contributed by atoms with Gasteiger partial charge >= 0.3 is 0 Å². The molecule has 8 heteroatoms. The fourth-order valence-corrected chi connectivity index (χ4v) is 4.20. The van der Waals surface area contributed by atoms with Gasteiger partial charge in [-0.3, -0.25) is 4.79 Å². The summed E-state index contributed by atoms with van der Waals surface area (Å²) in [5.41, 5.74) is 2.41. The van der Waals surface area contributed by atoms with Crippen molar-refractivity contribution in [1.82, 2.24) is 15.3 Å². The molecule has 0 aliphatic carbocycles. The molecule has 1 saturated heterocycles. The Kier molecular flexibility index (Phi) is 5.82. The van der Waals surface area contributed by atoms with Crippen molar-refractivity contribution in [3.8, 4) is 10.6 Å². The predicted octanol–water partition coefficient (Wildman–Crippen LogP) is 3.42. The number of thiazole rings is 1. The number of aryl methyl sites for hydroxylation is 1. The summed E-state index contributed by atoms with van der Waals surface area (Å²) >= 11 is 1.31. The van der Waals surface area contributed by atoms with Crippen molar-refractivity contribution in [2.75, 3.05) is 31.2 Å². The first kappa shape index (κ1) is 19.5. The number of carbonyl (C=O) groups excluding carboxylic acids is 1. The smallest absolute Gasteiger partial charge is 0.263 e. The first-order valence-electron chi connectivity index (χ1n) is 9.40. The predicted molar refractivity (Wildman–Crippen MR) is 111 cm³/mol. The van der Waals surface area contributed by atoms with Gasteiger partial charge in [0.05, 0.1) is 18.9 Å². The molecule has 2 aromatic heterocycles. The van der Waals surface area contributed by atoms with Crippen LogP contribution in [0.25, 0.3) is 10.6 Å². The molecule has 1 aliphatic heterocycles. The molecule has 4 rings (SSSR count). The second-order valence-corrected chi connectivity index (χ2v) is 7.71. The highest BCUT2D eigenvalue weighted by Gasteiger charge is 2.19. The maximum absolute atomic E-state index is 13.1. The number of benzene rings is 1. The summed E-state index contributed by atoms with van der Waals surface area (Å²) in [6.45, 7) is 5.10. The molecule has 3 heterocycles. The molecular formula is C21H21FN4O2S. The Balaban J connectivity index is 1.47. The van der Waals surface area contributed by atoms with Gasteiger partial charge in [-0.15, -0.1) is 11.3 Å². The molecule has 6 nitrogen and oxygen atoms in total. The van der Waals surface area contributed by atoms with E-state index >= 15 is 0 Å². The van der Waals surface area contributed by atoms with Crippen LogP contribution in [0.1, 0.15) is 20.9 Å². The highest BCUT2D eigenvalue weighted by molar-refractivity contribution is 7.17. The van der Waals surface area contributed by atoms with Crippen molar-refractivity contribution in [2.45, 2.75) is 13.5 Å². The molecule has 0 unspecified atom stereocenters. The average Bonchev–Trinajstić information content (AvgIpc) is 3.15. The zero-order valence-corrected chi connectivity index (χ0v) is 16.8. The molecule has 1 N–H and O–H groups in total. The number of morpholine rings is 1. The van der Waals surface area contributed by atoms with E-state index in [-0.39, 0.29) is 11.7 Å². The number of hydrogen-bond donors (Lipinski definition) is 1.